The molecular weight excluding hydrogens is 310 g/mol. The summed E-state index contributed by atoms with van der Waals surface area (Å²) in [6, 6.07) is 8.72. The van der Waals surface area contributed by atoms with Gasteiger partial charge in [-0.05, 0) is 26.0 Å². The van der Waals surface area contributed by atoms with Gasteiger partial charge in [0.05, 0.1) is 24.1 Å². The second-order valence-corrected chi connectivity index (χ2v) is 5.64. The van der Waals surface area contributed by atoms with Gasteiger partial charge in [-0.15, -0.1) is 0 Å². The van der Waals surface area contributed by atoms with Gasteiger partial charge in [-0.25, -0.2) is 4.79 Å². The lowest BCUT2D eigenvalue weighted by atomic mass is 9.90. The largest absolute Gasteiger partial charge is 0.462 e. The van der Waals surface area contributed by atoms with Crippen LogP contribution in [0.2, 0.25) is 0 Å². The monoisotopic (exact) mass is 333 g/mol. The number of hydrogen-bond acceptors (Lipinski definition) is 5. The number of carbonyl (C=O) groups excluding carboxylic acids is 2. The fourth-order valence-electron chi connectivity index (χ4n) is 2.65. The van der Waals surface area contributed by atoms with Crippen molar-refractivity contribution in [2.45, 2.75) is 40.0 Å². The van der Waals surface area contributed by atoms with Crippen LogP contribution >= 0.6 is 0 Å². The number of carbonyl (C=O) groups is 2. The molecule has 3 atom stereocenters. The zero-order valence-corrected chi connectivity index (χ0v) is 14.4. The van der Waals surface area contributed by atoms with Gasteiger partial charge in [0.25, 0.3) is 0 Å². The Hall–Kier alpha value is -2.50. The van der Waals surface area contributed by atoms with E-state index in [0.717, 1.165) is 0 Å². The molecule has 0 aliphatic carbocycles. The first-order valence-electron chi connectivity index (χ1n) is 7.97. The third-order valence-corrected chi connectivity index (χ3v) is 3.79. The Morgan fingerprint density at radius 1 is 1.25 bits per heavy atom. The molecule has 6 heteroatoms. The fourth-order valence-corrected chi connectivity index (χ4v) is 2.65. The third kappa shape index (κ3) is 4.07. The fraction of sp³-hybridized carbons (Fsp3) is 0.444. The molecule has 2 rings (SSSR count). The molecule has 0 spiro atoms. The van der Waals surface area contributed by atoms with Crippen molar-refractivity contribution in [2.75, 3.05) is 6.61 Å². The van der Waals surface area contributed by atoms with E-state index in [9.17, 15) is 9.59 Å². The molecule has 0 fully saturated rings. The molecule has 0 bridgehead atoms. The summed E-state index contributed by atoms with van der Waals surface area (Å²) in [5.41, 5.74) is 0.326. The molecule has 0 aromatic heterocycles. The van der Waals surface area contributed by atoms with E-state index in [1.54, 1.807) is 13.8 Å². The first-order valence-corrected chi connectivity index (χ1v) is 7.97. The number of ether oxygens (including phenoxy) is 3. The highest BCUT2D eigenvalue weighted by molar-refractivity contribution is 5.91. The minimum absolute atomic E-state index is 0.234. The van der Waals surface area contributed by atoms with E-state index in [0.29, 0.717) is 17.1 Å². The van der Waals surface area contributed by atoms with Crippen LogP contribution in [0.4, 0.5) is 0 Å². The molecule has 1 aliphatic heterocycles. The van der Waals surface area contributed by atoms with Crippen LogP contribution in [0.25, 0.3) is 0 Å². The van der Waals surface area contributed by atoms with E-state index in [2.05, 4.69) is 5.32 Å². The summed E-state index contributed by atoms with van der Waals surface area (Å²) >= 11 is 0. The molecule has 0 saturated heterocycles. The van der Waals surface area contributed by atoms with Crippen molar-refractivity contribution in [1.29, 1.82) is 0 Å². The zero-order chi connectivity index (χ0) is 17.7. The van der Waals surface area contributed by atoms with Crippen molar-refractivity contribution < 1.29 is 23.8 Å². The Kier molecular flexibility index (Phi) is 5.84. The van der Waals surface area contributed by atoms with Crippen LogP contribution in [0.5, 0.6) is 5.75 Å². The van der Waals surface area contributed by atoms with Gasteiger partial charge in [-0.1, -0.05) is 25.1 Å². The number of allylic oxidation sites excluding steroid dienone is 1. The Labute approximate surface area is 141 Å². The van der Waals surface area contributed by atoms with Crippen LogP contribution in [0, 0.1) is 5.92 Å². The number of benzene rings is 1. The van der Waals surface area contributed by atoms with Crippen molar-refractivity contribution in [2.24, 2.45) is 5.92 Å². The minimum Gasteiger partial charge on any atom is -0.462 e. The lowest BCUT2D eigenvalue weighted by Gasteiger charge is -2.37. The molecule has 1 amide bonds. The highest BCUT2D eigenvalue weighted by Gasteiger charge is 2.41. The second-order valence-electron chi connectivity index (χ2n) is 5.64. The molecule has 0 radical (unpaired) electrons. The van der Waals surface area contributed by atoms with Gasteiger partial charge in [-0.2, -0.15) is 0 Å². The Bertz CT molecular complexity index is 626. The maximum absolute atomic E-state index is 12.3. The standard InChI is InChI=1S/C18H23NO5/c1-5-22-17(21)15-12(3)23-18(11(2)16(15)19-13(4)20)24-14-9-7-6-8-10-14/h6-11,16,18H,5H2,1-4H3,(H,19,20)/t11-,16-,18-/m1/s1. The van der Waals surface area contributed by atoms with E-state index in [4.69, 9.17) is 14.2 Å². The quantitative estimate of drug-likeness (QED) is 0.838. The normalized spacial score (nSPS) is 23.2. The van der Waals surface area contributed by atoms with E-state index in [1.165, 1.54) is 6.92 Å². The van der Waals surface area contributed by atoms with Crippen LogP contribution in [-0.4, -0.2) is 30.8 Å². The van der Waals surface area contributed by atoms with Crippen molar-refractivity contribution >= 4 is 11.9 Å². The van der Waals surface area contributed by atoms with E-state index in [-0.39, 0.29) is 18.4 Å². The lowest BCUT2D eigenvalue weighted by molar-refractivity contribution is -0.143. The molecule has 0 saturated carbocycles. The summed E-state index contributed by atoms with van der Waals surface area (Å²) in [5, 5.41) is 2.81. The molecule has 1 N–H and O–H groups in total. The van der Waals surface area contributed by atoms with Crippen LogP contribution < -0.4 is 10.1 Å². The van der Waals surface area contributed by atoms with Crippen molar-refractivity contribution in [1.82, 2.24) is 5.32 Å². The molecule has 6 nitrogen and oxygen atoms in total. The molecule has 1 aromatic rings. The predicted molar refractivity (Wildman–Crippen MR) is 88.0 cm³/mol. The van der Waals surface area contributed by atoms with Crippen LogP contribution in [-0.2, 0) is 19.1 Å². The van der Waals surface area contributed by atoms with Gasteiger partial charge >= 0.3 is 5.97 Å². The summed E-state index contributed by atoms with van der Waals surface area (Å²) in [6.07, 6.45) is -0.623. The van der Waals surface area contributed by atoms with Crippen LogP contribution in [0.3, 0.4) is 0 Å². The average molecular weight is 333 g/mol. The Morgan fingerprint density at radius 2 is 1.92 bits per heavy atom. The third-order valence-electron chi connectivity index (χ3n) is 3.79. The molecule has 0 unspecified atom stereocenters. The predicted octanol–water partition coefficient (Wildman–Crippen LogP) is 2.40. The van der Waals surface area contributed by atoms with Crippen LogP contribution in [0.1, 0.15) is 27.7 Å². The molecule has 24 heavy (non-hydrogen) atoms. The van der Waals surface area contributed by atoms with Gasteiger partial charge in [-0.3, -0.25) is 4.79 Å². The summed E-state index contributed by atoms with van der Waals surface area (Å²) in [6.45, 7) is 6.93. The number of nitrogens with one attached hydrogen (secondary N) is 1. The van der Waals surface area contributed by atoms with Crippen molar-refractivity contribution in [3.8, 4) is 5.75 Å². The topological polar surface area (TPSA) is 73.9 Å². The molecule has 130 valence electrons. The molecule has 1 aromatic carbocycles. The maximum atomic E-state index is 12.3. The number of esters is 1. The summed E-state index contributed by atoms with van der Waals surface area (Å²) in [7, 11) is 0. The number of para-hydroxylation sites is 1. The Balaban J connectivity index is 2.29. The first-order chi connectivity index (χ1) is 11.4. The maximum Gasteiger partial charge on any atom is 0.339 e. The van der Waals surface area contributed by atoms with Gasteiger partial charge in [0, 0.05) is 6.92 Å². The van der Waals surface area contributed by atoms with E-state index in [1.807, 2.05) is 37.3 Å². The summed E-state index contributed by atoms with van der Waals surface area (Å²) in [5.74, 6) is 0.0484. The average Bonchev–Trinajstić information content (AvgIpc) is 2.53. The number of hydrogen-bond donors (Lipinski definition) is 1. The van der Waals surface area contributed by atoms with Crippen molar-refractivity contribution in [3.05, 3.63) is 41.7 Å². The molecular formula is C18H23NO5. The second kappa shape index (κ2) is 7.86. The number of rotatable bonds is 5. The molecule has 1 heterocycles. The highest BCUT2D eigenvalue weighted by atomic mass is 16.7. The first kappa shape index (κ1) is 17.8. The highest BCUT2D eigenvalue weighted by Crippen LogP contribution is 2.31. The number of amides is 1. The van der Waals surface area contributed by atoms with Gasteiger partial charge < -0.3 is 19.5 Å². The minimum atomic E-state index is -0.623. The van der Waals surface area contributed by atoms with Crippen LogP contribution in [0.15, 0.2) is 41.7 Å². The van der Waals surface area contributed by atoms with E-state index < -0.39 is 18.3 Å². The molecule has 1 aliphatic rings. The summed E-state index contributed by atoms with van der Waals surface area (Å²) < 4.78 is 16.8. The summed E-state index contributed by atoms with van der Waals surface area (Å²) in [4.78, 5) is 23.8. The lowest BCUT2D eigenvalue weighted by Crippen LogP contribution is -2.51. The Morgan fingerprint density at radius 3 is 2.50 bits per heavy atom. The van der Waals surface area contributed by atoms with Gasteiger partial charge in [0.2, 0.25) is 12.2 Å². The van der Waals surface area contributed by atoms with E-state index >= 15 is 0 Å². The van der Waals surface area contributed by atoms with Gasteiger partial charge in [0.1, 0.15) is 11.5 Å². The zero-order valence-electron chi connectivity index (χ0n) is 14.4. The smallest absolute Gasteiger partial charge is 0.339 e. The van der Waals surface area contributed by atoms with Crippen molar-refractivity contribution in [3.63, 3.8) is 0 Å². The van der Waals surface area contributed by atoms with Gasteiger partial charge in [0.15, 0.2) is 0 Å². The SMILES string of the molecule is CCOC(=O)C1=C(C)O[C@H](Oc2ccccc2)[C@H](C)[C@H]1NC(C)=O.